The maximum Gasteiger partial charge on any atom is 0.490 e. The first kappa shape index (κ1) is 23.0. The van der Waals surface area contributed by atoms with Crippen molar-refractivity contribution in [3.05, 3.63) is 24.5 Å². The predicted molar refractivity (Wildman–Crippen MR) is 94.4 cm³/mol. The molecule has 1 amide bonds. The largest absolute Gasteiger partial charge is 0.490 e. The Hall–Kier alpha value is -2.25. The number of piperidine rings is 1. The van der Waals surface area contributed by atoms with Crippen molar-refractivity contribution in [1.82, 2.24) is 9.29 Å². The number of carboxylic acids is 1. The van der Waals surface area contributed by atoms with Crippen molar-refractivity contribution in [3.63, 3.8) is 0 Å². The number of alkyl halides is 3. The predicted octanol–water partition coefficient (Wildman–Crippen LogP) is 1.09. The van der Waals surface area contributed by atoms with E-state index in [4.69, 9.17) is 14.6 Å². The van der Waals surface area contributed by atoms with Gasteiger partial charge in [-0.2, -0.15) is 17.5 Å². The second-order valence-electron chi connectivity index (χ2n) is 6.56. The van der Waals surface area contributed by atoms with Crippen molar-refractivity contribution in [2.75, 3.05) is 24.7 Å². The van der Waals surface area contributed by atoms with Crippen molar-refractivity contribution in [2.45, 2.75) is 31.2 Å². The van der Waals surface area contributed by atoms with Crippen molar-refractivity contribution in [1.29, 1.82) is 0 Å². The lowest BCUT2D eigenvalue weighted by Crippen LogP contribution is -2.53. The van der Waals surface area contributed by atoms with Crippen LogP contribution in [0.2, 0.25) is 0 Å². The lowest BCUT2D eigenvalue weighted by molar-refractivity contribution is -0.192. The van der Waals surface area contributed by atoms with Crippen LogP contribution in [0.1, 0.15) is 12.8 Å². The van der Waals surface area contributed by atoms with E-state index in [0.717, 1.165) is 0 Å². The number of carboxylic acid groups (broad SMARTS) is 1. The lowest BCUT2D eigenvalue weighted by atomic mass is 9.91. The molecule has 3 atom stereocenters. The summed E-state index contributed by atoms with van der Waals surface area (Å²) in [6.07, 6.45) is 0.317. The number of amides is 1. The molecule has 2 aliphatic heterocycles. The van der Waals surface area contributed by atoms with E-state index in [9.17, 15) is 26.4 Å². The Balaban J connectivity index is 0.000000370. The fourth-order valence-electron chi connectivity index (χ4n) is 3.15. The van der Waals surface area contributed by atoms with Gasteiger partial charge in [0, 0.05) is 19.3 Å². The van der Waals surface area contributed by atoms with E-state index in [1.54, 1.807) is 24.5 Å². The number of hydrogen-bond donors (Lipinski definition) is 2. The van der Waals surface area contributed by atoms with Gasteiger partial charge in [0.2, 0.25) is 15.9 Å². The average Bonchev–Trinajstić information content (AvgIpc) is 3.09. The van der Waals surface area contributed by atoms with Gasteiger partial charge in [0.1, 0.15) is 0 Å². The van der Waals surface area contributed by atoms with Crippen LogP contribution < -0.4 is 5.32 Å². The van der Waals surface area contributed by atoms with Gasteiger partial charge in [0.15, 0.2) is 0 Å². The van der Waals surface area contributed by atoms with Gasteiger partial charge >= 0.3 is 12.1 Å². The van der Waals surface area contributed by atoms with Crippen LogP contribution in [0.3, 0.4) is 0 Å². The van der Waals surface area contributed by atoms with E-state index in [1.807, 2.05) is 0 Å². The zero-order chi connectivity index (χ0) is 21.8. The highest BCUT2D eigenvalue weighted by atomic mass is 32.2. The molecule has 2 N–H and O–H groups in total. The van der Waals surface area contributed by atoms with Crippen molar-refractivity contribution < 1.29 is 41.0 Å². The molecule has 1 aromatic heterocycles. The molecule has 0 radical (unpaired) electrons. The van der Waals surface area contributed by atoms with E-state index < -0.39 is 28.1 Å². The summed E-state index contributed by atoms with van der Waals surface area (Å²) in [5.41, 5.74) is 0.605. The standard InChI is InChI=1S/C14H19N3O4S.C2HF3O2/c1-22(19,20)17-9-10(7-13-12(17)4-6-21-13)14(18)16-11-3-2-5-15-8-11;3-2(4,5)1(6)7/h2-3,5,8,10,12-13H,4,6-7,9H2,1H3,(H,16,18);(H,6,7)/t10-,12-,13-;/m1./s1. The third-order valence-corrected chi connectivity index (χ3v) is 5.70. The Morgan fingerprint density at radius 2 is 2.03 bits per heavy atom. The summed E-state index contributed by atoms with van der Waals surface area (Å²) >= 11 is 0. The Bertz CT molecular complexity index is 834. The van der Waals surface area contributed by atoms with Crippen LogP contribution in [0.15, 0.2) is 24.5 Å². The topological polar surface area (TPSA) is 126 Å². The first-order chi connectivity index (χ1) is 13.4. The lowest BCUT2D eigenvalue weighted by Gasteiger charge is -2.38. The molecular weight excluding hydrogens is 419 g/mol. The zero-order valence-corrected chi connectivity index (χ0v) is 16.1. The minimum absolute atomic E-state index is 0.141. The fraction of sp³-hybridized carbons (Fsp3) is 0.562. The second-order valence-corrected chi connectivity index (χ2v) is 8.50. The number of anilines is 1. The van der Waals surface area contributed by atoms with Crippen LogP contribution in [0.4, 0.5) is 18.9 Å². The highest BCUT2D eigenvalue weighted by molar-refractivity contribution is 7.88. The number of hydrogen-bond acceptors (Lipinski definition) is 6. The van der Waals surface area contributed by atoms with Crippen molar-refractivity contribution in [3.8, 4) is 0 Å². The molecule has 0 unspecified atom stereocenters. The summed E-state index contributed by atoms with van der Waals surface area (Å²) in [5, 5.41) is 9.91. The molecule has 2 saturated heterocycles. The first-order valence-electron chi connectivity index (χ1n) is 8.49. The number of rotatable bonds is 3. The molecule has 9 nitrogen and oxygen atoms in total. The molecule has 0 saturated carbocycles. The smallest absolute Gasteiger partial charge is 0.475 e. The van der Waals surface area contributed by atoms with Gasteiger partial charge in [-0.1, -0.05) is 0 Å². The molecule has 0 spiro atoms. The molecule has 2 aliphatic rings. The maximum atomic E-state index is 12.4. The minimum Gasteiger partial charge on any atom is -0.475 e. The number of ether oxygens (including phenoxy) is 1. The highest BCUT2D eigenvalue weighted by Crippen LogP contribution is 2.33. The molecule has 2 fully saturated rings. The number of halogens is 3. The highest BCUT2D eigenvalue weighted by Gasteiger charge is 2.45. The Morgan fingerprint density at radius 1 is 1.38 bits per heavy atom. The number of fused-ring (bicyclic) bond motifs is 1. The molecule has 0 aromatic carbocycles. The average molecular weight is 439 g/mol. The number of carbonyl (C=O) groups is 2. The molecule has 1 aromatic rings. The summed E-state index contributed by atoms with van der Waals surface area (Å²) in [5.74, 6) is -3.38. The van der Waals surface area contributed by atoms with Crippen LogP contribution in [0.5, 0.6) is 0 Å². The molecule has 29 heavy (non-hydrogen) atoms. The van der Waals surface area contributed by atoms with E-state index >= 15 is 0 Å². The van der Waals surface area contributed by atoms with Crippen LogP contribution in [-0.4, -0.2) is 72.4 Å². The van der Waals surface area contributed by atoms with Gasteiger partial charge in [0.25, 0.3) is 0 Å². The Morgan fingerprint density at radius 3 is 2.55 bits per heavy atom. The van der Waals surface area contributed by atoms with E-state index in [-0.39, 0.29) is 24.6 Å². The molecule has 13 heteroatoms. The molecule has 162 valence electrons. The number of nitrogens with zero attached hydrogens (tertiary/aromatic N) is 2. The first-order valence-corrected chi connectivity index (χ1v) is 10.3. The summed E-state index contributed by atoms with van der Waals surface area (Å²) in [4.78, 5) is 25.3. The van der Waals surface area contributed by atoms with Crippen LogP contribution >= 0.6 is 0 Å². The van der Waals surface area contributed by atoms with Gasteiger partial charge < -0.3 is 15.2 Å². The molecule has 0 aliphatic carbocycles. The zero-order valence-electron chi connectivity index (χ0n) is 15.3. The van der Waals surface area contributed by atoms with Crippen LogP contribution in [0.25, 0.3) is 0 Å². The fourth-order valence-corrected chi connectivity index (χ4v) is 4.34. The third kappa shape index (κ3) is 6.37. The SMILES string of the molecule is CS(=O)(=O)N1C[C@H](C(=O)Nc2cccnc2)C[C@H]2OCC[C@H]21.O=C(O)C(F)(F)F. The number of aromatic nitrogens is 1. The number of aliphatic carboxylic acids is 1. The van der Waals surface area contributed by atoms with Gasteiger partial charge in [-0.3, -0.25) is 9.78 Å². The van der Waals surface area contributed by atoms with Gasteiger partial charge in [-0.05, 0) is 25.0 Å². The second kappa shape index (κ2) is 9.05. The maximum absolute atomic E-state index is 12.4. The van der Waals surface area contributed by atoms with E-state index in [1.165, 1.54) is 10.6 Å². The van der Waals surface area contributed by atoms with Gasteiger partial charge in [-0.15, -0.1) is 0 Å². The number of carbonyl (C=O) groups excluding carboxylic acids is 1. The number of pyridine rings is 1. The molecular formula is C16H20F3N3O6S. The third-order valence-electron chi connectivity index (χ3n) is 4.43. The summed E-state index contributed by atoms with van der Waals surface area (Å²) in [6.45, 7) is 0.744. The molecule has 3 heterocycles. The molecule has 0 bridgehead atoms. The van der Waals surface area contributed by atoms with E-state index in [0.29, 0.717) is 25.1 Å². The quantitative estimate of drug-likeness (QED) is 0.722. The van der Waals surface area contributed by atoms with Gasteiger partial charge in [-0.25, -0.2) is 13.2 Å². The summed E-state index contributed by atoms with van der Waals surface area (Å²) < 4.78 is 62.7. The minimum atomic E-state index is -5.08. The van der Waals surface area contributed by atoms with Gasteiger partial charge in [0.05, 0.1) is 36.2 Å². The number of nitrogens with one attached hydrogen (secondary N) is 1. The molecule has 3 rings (SSSR count). The summed E-state index contributed by atoms with van der Waals surface area (Å²) in [6, 6.07) is 3.34. The van der Waals surface area contributed by atoms with E-state index in [2.05, 4.69) is 10.3 Å². The Labute approximate surface area is 164 Å². The normalized spacial score (nSPS) is 24.8. The monoisotopic (exact) mass is 439 g/mol. The van der Waals surface area contributed by atoms with Crippen molar-refractivity contribution >= 4 is 27.6 Å². The Kier molecular flexibility index (Phi) is 7.19. The van der Waals surface area contributed by atoms with Crippen LogP contribution in [-0.2, 0) is 24.3 Å². The van der Waals surface area contributed by atoms with Crippen molar-refractivity contribution in [2.24, 2.45) is 5.92 Å². The summed E-state index contributed by atoms with van der Waals surface area (Å²) in [7, 11) is -3.36. The number of sulfonamides is 1. The van der Waals surface area contributed by atoms with Crippen LogP contribution in [0, 0.1) is 5.92 Å².